The summed E-state index contributed by atoms with van der Waals surface area (Å²) >= 11 is 0. The van der Waals surface area contributed by atoms with Gasteiger partial charge in [-0.3, -0.25) is 0 Å². The molecule has 0 fully saturated rings. The lowest BCUT2D eigenvalue weighted by atomic mass is 10.0. The summed E-state index contributed by atoms with van der Waals surface area (Å²) in [6.45, 7) is 0. The molecule has 12 heavy (non-hydrogen) atoms. The number of hydrogen-bond donors (Lipinski definition) is 1. The van der Waals surface area contributed by atoms with Crippen molar-refractivity contribution in [2.45, 2.75) is 12.8 Å². The second-order valence-corrected chi connectivity index (χ2v) is 2.86. The van der Waals surface area contributed by atoms with Gasteiger partial charge in [0.1, 0.15) is 11.6 Å². The van der Waals surface area contributed by atoms with E-state index in [-0.39, 0.29) is 0 Å². The molecular formula is C10H9NO. The van der Waals surface area contributed by atoms with E-state index < -0.39 is 0 Å². The zero-order valence-electron chi connectivity index (χ0n) is 6.63. The fraction of sp³-hybridized carbons (Fsp3) is 0.200. The number of nitrogens with one attached hydrogen (secondary N) is 1. The van der Waals surface area contributed by atoms with E-state index in [0.29, 0.717) is 5.70 Å². The van der Waals surface area contributed by atoms with Gasteiger partial charge in [0.05, 0.1) is 0 Å². The molecule has 1 aromatic rings. The molecular weight excluding hydrogens is 150 g/mol. The first-order valence-electron chi connectivity index (χ1n) is 3.99. The Morgan fingerprint density at radius 3 is 2.92 bits per heavy atom. The van der Waals surface area contributed by atoms with Crippen LogP contribution in [0.25, 0.3) is 0 Å². The summed E-state index contributed by atoms with van der Waals surface area (Å²) in [6, 6.07) is 8.02. The zero-order chi connectivity index (χ0) is 8.39. The fourth-order valence-electron chi connectivity index (χ4n) is 1.42. The van der Waals surface area contributed by atoms with Gasteiger partial charge in [0.25, 0.3) is 0 Å². The molecule has 0 bridgehead atoms. The summed E-state index contributed by atoms with van der Waals surface area (Å²) in [5.74, 6) is 1.90. The zero-order valence-corrected chi connectivity index (χ0v) is 6.63. The molecule has 1 N–H and O–H groups in total. The number of rotatable bonds is 0. The van der Waals surface area contributed by atoms with E-state index in [1.54, 1.807) is 0 Å². The topological polar surface area (TPSA) is 29.1 Å². The van der Waals surface area contributed by atoms with Gasteiger partial charge in [-0.25, -0.2) is 4.79 Å². The van der Waals surface area contributed by atoms with Gasteiger partial charge >= 0.3 is 0 Å². The lowest BCUT2D eigenvalue weighted by Gasteiger charge is -2.17. The summed E-state index contributed by atoms with van der Waals surface area (Å²) in [5.41, 5.74) is 2.98. The molecule has 1 aliphatic rings. The highest BCUT2D eigenvalue weighted by Gasteiger charge is 2.10. The van der Waals surface area contributed by atoms with Crippen LogP contribution in [0.4, 0.5) is 5.69 Å². The number of carbonyl (C=O) groups excluding carboxylic acids is 1. The average Bonchev–Trinajstić information content (AvgIpc) is 2.17. The second-order valence-electron chi connectivity index (χ2n) is 2.86. The summed E-state index contributed by atoms with van der Waals surface area (Å²) in [6.07, 6.45) is 1.72. The number of allylic oxidation sites excluding steroid dienone is 1. The molecule has 2 nitrogen and oxygen atoms in total. The first-order chi connectivity index (χ1) is 5.90. The van der Waals surface area contributed by atoms with E-state index in [0.717, 1.165) is 18.5 Å². The molecule has 0 atom stereocenters. The number of benzene rings is 1. The minimum absolute atomic E-state index is 0.661. The second kappa shape index (κ2) is 2.84. The van der Waals surface area contributed by atoms with Crippen molar-refractivity contribution >= 4 is 11.6 Å². The minimum atomic E-state index is 0.661. The molecule has 0 spiro atoms. The first kappa shape index (κ1) is 7.14. The Hall–Kier alpha value is -1.53. The van der Waals surface area contributed by atoms with Gasteiger partial charge in [0.15, 0.2) is 0 Å². The molecule has 0 saturated heterocycles. The largest absolute Gasteiger partial charge is 0.350 e. The quantitative estimate of drug-likeness (QED) is 0.584. The molecule has 0 radical (unpaired) electrons. The predicted octanol–water partition coefficient (Wildman–Crippen LogP) is 1.76. The summed E-state index contributed by atoms with van der Waals surface area (Å²) < 4.78 is 0. The number of anilines is 1. The third kappa shape index (κ3) is 1.13. The van der Waals surface area contributed by atoms with Gasteiger partial charge in [0.2, 0.25) is 0 Å². The summed E-state index contributed by atoms with van der Waals surface area (Å²) in [7, 11) is 0. The van der Waals surface area contributed by atoms with Crippen LogP contribution in [0.2, 0.25) is 0 Å². The number of fused-ring (bicyclic) bond motifs is 1. The number of para-hydroxylation sites is 1. The SMILES string of the molecule is O=C=C1CCc2ccccc2N1. The molecule has 1 heterocycles. The Labute approximate surface area is 70.9 Å². The molecule has 1 aliphatic heterocycles. The van der Waals surface area contributed by atoms with Crippen molar-refractivity contribution in [3.63, 3.8) is 0 Å². The first-order valence-corrected chi connectivity index (χ1v) is 3.99. The van der Waals surface area contributed by atoms with Crippen molar-refractivity contribution in [1.29, 1.82) is 0 Å². The molecule has 2 heteroatoms. The maximum Gasteiger partial charge on any atom is 0.145 e. The van der Waals surface area contributed by atoms with Gasteiger partial charge in [-0.2, -0.15) is 0 Å². The molecule has 0 unspecified atom stereocenters. The Balaban J connectivity index is 2.41. The number of hydrogen-bond acceptors (Lipinski definition) is 2. The minimum Gasteiger partial charge on any atom is -0.350 e. The maximum atomic E-state index is 10.3. The lowest BCUT2D eigenvalue weighted by molar-refractivity contribution is 0.566. The van der Waals surface area contributed by atoms with Crippen LogP contribution in [0.1, 0.15) is 12.0 Å². The van der Waals surface area contributed by atoms with E-state index in [1.807, 2.05) is 24.1 Å². The van der Waals surface area contributed by atoms with Crippen LogP contribution >= 0.6 is 0 Å². The smallest absolute Gasteiger partial charge is 0.145 e. The highest BCUT2D eigenvalue weighted by Crippen LogP contribution is 2.24. The highest BCUT2D eigenvalue weighted by atomic mass is 16.1. The normalized spacial score (nSPS) is 14.5. The molecule has 0 aliphatic carbocycles. The van der Waals surface area contributed by atoms with Crippen LogP contribution in [0, 0.1) is 0 Å². The van der Waals surface area contributed by atoms with Crippen LogP contribution in [0.15, 0.2) is 30.0 Å². The Morgan fingerprint density at radius 2 is 2.08 bits per heavy atom. The average molecular weight is 159 g/mol. The third-order valence-corrected chi connectivity index (χ3v) is 2.07. The van der Waals surface area contributed by atoms with Gasteiger partial charge in [0, 0.05) is 12.1 Å². The fourth-order valence-corrected chi connectivity index (χ4v) is 1.42. The molecule has 0 amide bonds. The Morgan fingerprint density at radius 1 is 1.25 bits per heavy atom. The van der Waals surface area contributed by atoms with Crippen molar-refractivity contribution in [3.8, 4) is 0 Å². The van der Waals surface area contributed by atoms with E-state index in [2.05, 4.69) is 11.4 Å². The van der Waals surface area contributed by atoms with E-state index >= 15 is 0 Å². The lowest BCUT2D eigenvalue weighted by Crippen LogP contribution is -2.09. The predicted molar refractivity (Wildman–Crippen MR) is 47.6 cm³/mol. The van der Waals surface area contributed by atoms with Crippen molar-refractivity contribution in [2.75, 3.05) is 5.32 Å². The van der Waals surface area contributed by atoms with Gasteiger partial charge in [-0.05, 0) is 18.1 Å². The molecule has 60 valence electrons. The Kier molecular flexibility index (Phi) is 1.69. The van der Waals surface area contributed by atoms with Crippen LogP contribution in [0.3, 0.4) is 0 Å². The summed E-state index contributed by atoms with van der Waals surface area (Å²) in [4.78, 5) is 10.3. The van der Waals surface area contributed by atoms with Crippen molar-refractivity contribution < 1.29 is 4.79 Å². The standard InChI is InChI=1S/C10H9NO/c12-7-9-6-5-8-3-1-2-4-10(8)11-9/h1-4,11H,5-6H2. The molecule has 0 saturated carbocycles. The monoisotopic (exact) mass is 159 g/mol. The van der Waals surface area contributed by atoms with Crippen molar-refractivity contribution in [2.24, 2.45) is 0 Å². The molecule has 0 aromatic heterocycles. The van der Waals surface area contributed by atoms with Crippen LogP contribution in [-0.4, -0.2) is 5.94 Å². The highest BCUT2D eigenvalue weighted by molar-refractivity contribution is 5.66. The number of aryl methyl sites for hydroxylation is 1. The molecule has 2 rings (SSSR count). The summed E-state index contributed by atoms with van der Waals surface area (Å²) in [5, 5.41) is 3.04. The van der Waals surface area contributed by atoms with Gasteiger partial charge < -0.3 is 5.32 Å². The maximum absolute atomic E-state index is 10.3. The van der Waals surface area contributed by atoms with E-state index in [1.165, 1.54) is 5.56 Å². The third-order valence-electron chi connectivity index (χ3n) is 2.07. The van der Waals surface area contributed by atoms with Crippen molar-refractivity contribution in [1.82, 2.24) is 0 Å². The van der Waals surface area contributed by atoms with Gasteiger partial charge in [-0.15, -0.1) is 0 Å². The van der Waals surface area contributed by atoms with Gasteiger partial charge in [-0.1, -0.05) is 18.2 Å². The molecule has 1 aromatic carbocycles. The van der Waals surface area contributed by atoms with Crippen LogP contribution < -0.4 is 5.32 Å². The van der Waals surface area contributed by atoms with E-state index in [4.69, 9.17) is 0 Å². The van der Waals surface area contributed by atoms with Crippen molar-refractivity contribution in [3.05, 3.63) is 35.5 Å². The van der Waals surface area contributed by atoms with E-state index in [9.17, 15) is 4.79 Å². The van der Waals surface area contributed by atoms with Crippen LogP contribution in [0.5, 0.6) is 0 Å². The van der Waals surface area contributed by atoms with Crippen LogP contribution in [-0.2, 0) is 11.2 Å². The Bertz CT molecular complexity index is 351.